The zero-order valence-corrected chi connectivity index (χ0v) is 20.2. The van der Waals surface area contributed by atoms with Crippen molar-refractivity contribution in [1.29, 1.82) is 0 Å². The summed E-state index contributed by atoms with van der Waals surface area (Å²) in [6.45, 7) is 5.54. The van der Waals surface area contributed by atoms with E-state index in [0.717, 1.165) is 19.3 Å². The fraction of sp³-hybridized carbons (Fsp3) is 0.391. The van der Waals surface area contributed by atoms with Crippen LogP contribution in [0.25, 0.3) is 0 Å². The van der Waals surface area contributed by atoms with Gasteiger partial charge in [-0.3, -0.25) is 20.4 Å². The molecule has 0 unspecified atom stereocenters. The Bertz CT molecular complexity index is 1100. The monoisotopic (exact) mass is 493 g/mol. The number of amides is 2. The summed E-state index contributed by atoms with van der Waals surface area (Å²) < 4.78 is 32.8. The van der Waals surface area contributed by atoms with E-state index in [4.69, 9.17) is 16.3 Å². The highest BCUT2D eigenvalue weighted by molar-refractivity contribution is 7.89. The average Bonchev–Trinajstić information content (AvgIpc) is 2.82. The minimum absolute atomic E-state index is 0.0118. The number of carbonyl (C=O) groups is 2. The van der Waals surface area contributed by atoms with Gasteiger partial charge in [0.05, 0.1) is 22.1 Å². The molecule has 2 N–H and O–H groups in total. The van der Waals surface area contributed by atoms with Crippen LogP contribution >= 0.6 is 11.6 Å². The van der Waals surface area contributed by atoms with Crippen molar-refractivity contribution in [3.8, 4) is 5.75 Å². The number of hydrogen-bond donors (Lipinski definition) is 2. The molecule has 3 rings (SSSR count). The van der Waals surface area contributed by atoms with Gasteiger partial charge in [-0.1, -0.05) is 31.9 Å². The summed E-state index contributed by atoms with van der Waals surface area (Å²) in [5.74, 6) is -0.237. The number of benzene rings is 2. The second-order valence-electron chi connectivity index (χ2n) is 8.24. The molecule has 0 aliphatic carbocycles. The molecule has 1 saturated heterocycles. The number of carbonyl (C=O) groups excluding carboxylic acids is 2. The minimum Gasteiger partial charge on any atom is -0.493 e. The average molecular weight is 494 g/mol. The second-order valence-corrected chi connectivity index (χ2v) is 10.6. The second kappa shape index (κ2) is 11.0. The van der Waals surface area contributed by atoms with E-state index >= 15 is 0 Å². The summed E-state index contributed by atoms with van der Waals surface area (Å²) in [5.41, 5.74) is 4.88. The normalized spacial score (nSPS) is 14.7. The topological polar surface area (TPSA) is 105 Å². The maximum Gasteiger partial charge on any atom is 0.271 e. The lowest BCUT2D eigenvalue weighted by Crippen LogP contribution is -2.42. The SMILES string of the molecule is CC(C)COc1ccc(C(=O)NNC(=O)c2cc(S(=O)(=O)N3CCCCC3)ccc2Cl)cc1. The molecule has 2 aromatic carbocycles. The molecule has 0 atom stereocenters. The molecule has 33 heavy (non-hydrogen) atoms. The van der Waals surface area contributed by atoms with Crippen LogP contribution in [0.5, 0.6) is 5.75 Å². The molecule has 0 radical (unpaired) electrons. The van der Waals surface area contributed by atoms with Crippen LogP contribution < -0.4 is 15.6 Å². The molecule has 0 spiro atoms. The van der Waals surface area contributed by atoms with Gasteiger partial charge in [0.1, 0.15) is 5.75 Å². The van der Waals surface area contributed by atoms with E-state index in [2.05, 4.69) is 10.9 Å². The lowest BCUT2D eigenvalue weighted by molar-refractivity contribution is 0.0846. The van der Waals surface area contributed by atoms with E-state index in [0.29, 0.717) is 36.9 Å². The van der Waals surface area contributed by atoms with Crippen molar-refractivity contribution in [2.24, 2.45) is 5.92 Å². The number of nitrogens with one attached hydrogen (secondary N) is 2. The van der Waals surface area contributed by atoms with Crippen LogP contribution in [0, 0.1) is 5.92 Å². The Labute approximate surface area is 199 Å². The molecule has 0 bridgehead atoms. The summed E-state index contributed by atoms with van der Waals surface area (Å²) >= 11 is 6.13. The molecule has 178 valence electrons. The van der Waals surface area contributed by atoms with Crippen molar-refractivity contribution >= 4 is 33.4 Å². The zero-order chi connectivity index (χ0) is 24.0. The summed E-state index contributed by atoms with van der Waals surface area (Å²) in [7, 11) is -3.73. The van der Waals surface area contributed by atoms with Gasteiger partial charge in [0.25, 0.3) is 11.8 Å². The quantitative estimate of drug-likeness (QED) is 0.573. The molecule has 8 nitrogen and oxygen atoms in total. The molecule has 1 heterocycles. The van der Waals surface area contributed by atoms with Crippen LogP contribution in [0.1, 0.15) is 53.8 Å². The van der Waals surface area contributed by atoms with Crippen molar-refractivity contribution in [3.63, 3.8) is 0 Å². The number of sulfonamides is 1. The third-order valence-electron chi connectivity index (χ3n) is 5.12. The van der Waals surface area contributed by atoms with Gasteiger partial charge in [-0.05, 0) is 61.2 Å². The summed E-state index contributed by atoms with van der Waals surface area (Å²) in [5, 5.41) is 0.0750. The maximum atomic E-state index is 12.9. The first kappa shape index (κ1) is 25.0. The van der Waals surface area contributed by atoms with Crippen LogP contribution in [-0.2, 0) is 10.0 Å². The molecule has 1 fully saturated rings. The van der Waals surface area contributed by atoms with Crippen LogP contribution in [0.2, 0.25) is 5.02 Å². The Hall–Kier alpha value is -2.62. The lowest BCUT2D eigenvalue weighted by atomic mass is 10.2. The highest BCUT2D eigenvalue weighted by Crippen LogP contribution is 2.25. The van der Waals surface area contributed by atoms with E-state index in [1.165, 1.54) is 22.5 Å². The summed E-state index contributed by atoms with van der Waals surface area (Å²) in [4.78, 5) is 25.0. The Morgan fingerprint density at radius 2 is 1.64 bits per heavy atom. The summed E-state index contributed by atoms with van der Waals surface area (Å²) in [6.07, 6.45) is 2.60. The summed E-state index contributed by atoms with van der Waals surface area (Å²) in [6, 6.07) is 10.5. The number of halogens is 1. The fourth-order valence-corrected chi connectivity index (χ4v) is 5.06. The van der Waals surface area contributed by atoms with Gasteiger partial charge in [-0.25, -0.2) is 8.42 Å². The number of hydrazine groups is 1. The van der Waals surface area contributed by atoms with Gasteiger partial charge < -0.3 is 4.74 Å². The van der Waals surface area contributed by atoms with Crippen molar-refractivity contribution in [2.75, 3.05) is 19.7 Å². The van der Waals surface area contributed by atoms with Gasteiger partial charge >= 0.3 is 0 Å². The predicted molar refractivity (Wildman–Crippen MR) is 126 cm³/mol. The van der Waals surface area contributed by atoms with Crippen LogP contribution in [0.15, 0.2) is 47.4 Å². The van der Waals surface area contributed by atoms with Crippen molar-refractivity contribution in [1.82, 2.24) is 15.2 Å². The smallest absolute Gasteiger partial charge is 0.271 e. The number of hydrogen-bond acceptors (Lipinski definition) is 5. The third kappa shape index (κ3) is 6.46. The highest BCUT2D eigenvalue weighted by atomic mass is 35.5. The van der Waals surface area contributed by atoms with Gasteiger partial charge in [-0.15, -0.1) is 0 Å². The van der Waals surface area contributed by atoms with Crippen LogP contribution in [0.3, 0.4) is 0 Å². The van der Waals surface area contributed by atoms with Crippen LogP contribution in [0.4, 0.5) is 0 Å². The molecule has 1 aliphatic rings. The van der Waals surface area contributed by atoms with Crippen molar-refractivity contribution < 1.29 is 22.7 Å². The lowest BCUT2D eigenvalue weighted by Gasteiger charge is -2.26. The maximum absolute atomic E-state index is 12.9. The Kier molecular flexibility index (Phi) is 8.34. The van der Waals surface area contributed by atoms with Crippen LogP contribution in [-0.4, -0.2) is 44.2 Å². The van der Waals surface area contributed by atoms with E-state index in [1.54, 1.807) is 24.3 Å². The molecule has 1 aliphatic heterocycles. The van der Waals surface area contributed by atoms with Gasteiger partial charge in [0.2, 0.25) is 10.0 Å². The largest absolute Gasteiger partial charge is 0.493 e. The van der Waals surface area contributed by atoms with Gasteiger partial charge in [-0.2, -0.15) is 4.31 Å². The first-order chi connectivity index (χ1) is 15.7. The van der Waals surface area contributed by atoms with Gasteiger partial charge in [0.15, 0.2) is 0 Å². The Morgan fingerprint density at radius 1 is 1.00 bits per heavy atom. The number of nitrogens with zero attached hydrogens (tertiary/aromatic N) is 1. The van der Waals surface area contributed by atoms with E-state index in [9.17, 15) is 18.0 Å². The van der Waals surface area contributed by atoms with Gasteiger partial charge in [0, 0.05) is 18.7 Å². The molecule has 2 amide bonds. The number of ether oxygens (including phenoxy) is 1. The molecular weight excluding hydrogens is 466 g/mol. The number of piperidine rings is 1. The standard InChI is InChI=1S/C23H28ClN3O5S/c1-16(2)15-32-18-8-6-17(7-9-18)22(28)25-26-23(29)20-14-19(10-11-21(20)24)33(30,31)27-12-4-3-5-13-27/h6-11,14,16H,3-5,12-13,15H2,1-2H3,(H,25,28)(H,26,29). The van der Waals surface area contributed by atoms with Crippen molar-refractivity contribution in [3.05, 3.63) is 58.6 Å². The molecular formula is C23H28ClN3O5S. The molecule has 0 aromatic heterocycles. The number of rotatable bonds is 7. The zero-order valence-electron chi connectivity index (χ0n) is 18.6. The predicted octanol–water partition coefficient (Wildman–Crippen LogP) is 3.62. The highest BCUT2D eigenvalue weighted by Gasteiger charge is 2.27. The fourth-order valence-electron chi connectivity index (χ4n) is 3.31. The Balaban J connectivity index is 1.65. The first-order valence-corrected chi connectivity index (χ1v) is 12.6. The Morgan fingerprint density at radius 3 is 2.27 bits per heavy atom. The van der Waals surface area contributed by atoms with E-state index in [1.807, 2.05) is 13.8 Å². The first-order valence-electron chi connectivity index (χ1n) is 10.8. The third-order valence-corrected chi connectivity index (χ3v) is 7.35. The molecule has 0 saturated carbocycles. The van der Waals surface area contributed by atoms with Crippen molar-refractivity contribution in [2.45, 2.75) is 38.0 Å². The minimum atomic E-state index is -3.73. The van der Waals surface area contributed by atoms with E-state index < -0.39 is 21.8 Å². The molecule has 2 aromatic rings. The van der Waals surface area contributed by atoms with E-state index in [-0.39, 0.29) is 15.5 Å². The molecule has 10 heteroatoms.